The van der Waals surface area contributed by atoms with Crippen LogP contribution in [-0.2, 0) is 9.53 Å². The molecule has 1 unspecified atom stereocenters. The first-order valence-electron chi connectivity index (χ1n) is 5.98. The predicted octanol–water partition coefficient (Wildman–Crippen LogP) is 1.89. The molecule has 5 nitrogen and oxygen atoms in total. The number of primary amides is 1. The number of nitrogens with two attached hydrogens (primary N) is 1. The molecule has 0 aliphatic rings. The van der Waals surface area contributed by atoms with Gasteiger partial charge in [-0.15, -0.1) is 0 Å². The third-order valence-corrected chi connectivity index (χ3v) is 2.19. The molecule has 1 amide bonds. The van der Waals surface area contributed by atoms with Crippen LogP contribution in [-0.4, -0.2) is 23.6 Å². The van der Waals surface area contributed by atoms with Crippen LogP contribution in [0.3, 0.4) is 0 Å². The topological polar surface area (TPSA) is 78.6 Å². The van der Waals surface area contributed by atoms with E-state index in [-0.39, 0.29) is 0 Å². The fraction of sp³-hybridized carbons (Fsp3) is 0.429. The Balaban J connectivity index is 2.64. The van der Waals surface area contributed by atoms with E-state index >= 15 is 0 Å². The molecule has 0 heterocycles. The summed E-state index contributed by atoms with van der Waals surface area (Å²) < 4.78 is 10.6. The predicted molar refractivity (Wildman–Crippen MR) is 70.9 cm³/mol. The van der Waals surface area contributed by atoms with E-state index in [0.717, 1.165) is 0 Å². The zero-order valence-electron chi connectivity index (χ0n) is 11.6. The van der Waals surface area contributed by atoms with E-state index in [4.69, 9.17) is 15.2 Å². The van der Waals surface area contributed by atoms with Crippen molar-refractivity contribution in [3.63, 3.8) is 0 Å². The van der Waals surface area contributed by atoms with Crippen LogP contribution in [0.25, 0.3) is 0 Å². The van der Waals surface area contributed by atoms with E-state index in [1.165, 1.54) is 0 Å². The molecule has 0 aliphatic heterocycles. The lowest BCUT2D eigenvalue weighted by Gasteiger charge is -2.22. The fourth-order valence-corrected chi connectivity index (χ4v) is 1.33. The number of hydrogen-bond donors (Lipinski definition) is 1. The van der Waals surface area contributed by atoms with Gasteiger partial charge in [0.05, 0.1) is 0 Å². The largest absolute Gasteiger partial charge is 0.479 e. The summed E-state index contributed by atoms with van der Waals surface area (Å²) in [6, 6.07) is 6.25. The van der Waals surface area contributed by atoms with Crippen molar-refractivity contribution >= 4 is 11.9 Å². The summed E-state index contributed by atoms with van der Waals surface area (Å²) >= 11 is 0. The molecule has 0 saturated heterocycles. The third kappa shape index (κ3) is 4.99. The minimum atomic E-state index is -0.723. The highest BCUT2D eigenvalue weighted by Gasteiger charge is 2.22. The van der Waals surface area contributed by atoms with E-state index in [1.807, 2.05) is 0 Å². The number of carbonyl (C=O) groups is 2. The van der Waals surface area contributed by atoms with E-state index < -0.39 is 23.6 Å². The fourth-order valence-electron chi connectivity index (χ4n) is 1.33. The van der Waals surface area contributed by atoms with Gasteiger partial charge in [-0.2, -0.15) is 0 Å². The Morgan fingerprint density at radius 3 is 2.11 bits per heavy atom. The minimum Gasteiger partial charge on any atom is -0.479 e. The smallest absolute Gasteiger partial charge is 0.347 e. The van der Waals surface area contributed by atoms with Crippen LogP contribution in [0.1, 0.15) is 38.1 Å². The summed E-state index contributed by atoms with van der Waals surface area (Å²) in [5, 5.41) is 0. The van der Waals surface area contributed by atoms with Crippen molar-refractivity contribution in [2.75, 3.05) is 0 Å². The molecule has 1 aromatic rings. The van der Waals surface area contributed by atoms with Gasteiger partial charge in [0.2, 0.25) is 5.91 Å². The molecular formula is C14H19NO4. The van der Waals surface area contributed by atoms with Crippen LogP contribution in [0.4, 0.5) is 0 Å². The molecule has 1 rings (SSSR count). The summed E-state index contributed by atoms with van der Waals surface area (Å²) in [7, 11) is 0. The standard InChI is InChI=1S/C14H19NO4/c1-9(13(17)19-14(2,3)4)18-11-7-5-10(6-8-11)12(15)16/h5-9H,1-4H3,(H2,15,16). The van der Waals surface area contributed by atoms with E-state index in [1.54, 1.807) is 52.0 Å². The zero-order chi connectivity index (χ0) is 14.6. The SMILES string of the molecule is CC(Oc1ccc(C(N)=O)cc1)C(=O)OC(C)(C)C. The van der Waals surface area contributed by atoms with Gasteiger partial charge in [0, 0.05) is 5.56 Å². The number of benzene rings is 1. The van der Waals surface area contributed by atoms with Crippen molar-refractivity contribution in [2.45, 2.75) is 39.4 Å². The minimum absolute atomic E-state index is 0.386. The number of amides is 1. The molecule has 0 radical (unpaired) electrons. The number of rotatable bonds is 4. The number of esters is 1. The number of carbonyl (C=O) groups excluding carboxylic acids is 2. The summed E-state index contributed by atoms with van der Waals surface area (Å²) in [5.41, 5.74) is 4.96. The molecule has 0 bridgehead atoms. The van der Waals surface area contributed by atoms with Gasteiger partial charge in [-0.3, -0.25) is 4.79 Å². The second-order valence-electron chi connectivity index (χ2n) is 5.18. The average molecular weight is 265 g/mol. The second kappa shape index (κ2) is 5.73. The molecule has 1 aromatic carbocycles. The molecule has 0 fully saturated rings. The Bertz CT molecular complexity index is 459. The summed E-state index contributed by atoms with van der Waals surface area (Å²) in [6.07, 6.45) is -0.723. The zero-order valence-corrected chi connectivity index (χ0v) is 11.6. The molecule has 19 heavy (non-hydrogen) atoms. The highest BCUT2D eigenvalue weighted by atomic mass is 16.6. The molecule has 0 aliphatic carbocycles. The van der Waals surface area contributed by atoms with Crippen molar-refractivity contribution < 1.29 is 19.1 Å². The van der Waals surface area contributed by atoms with Crippen LogP contribution in [0, 0.1) is 0 Å². The third-order valence-electron chi connectivity index (χ3n) is 2.19. The lowest BCUT2D eigenvalue weighted by molar-refractivity contribution is -0.162. The Morgan fingerprint density at radius 2 is 1.68 bits per heavy atom. The highest BCUT2D eigenvalue weighted by Crippen LogP contribution is 2.16. The van der Waals surface area contributed by atoms with Crippen LogP contribution in [0.5, 0.6) is 5.75 Å². The number of ether oxygens (including phenoxy) is 2. The average Bonchev–Trinajstić information content (AvgIpc) is 2.27. The Kier molecular flexibility index (Phi) is 4.53. The quantitative estimate of drug-likeness (QED) is 0.843. The van der Waals surface area contributed by atoms with E-state index in [0.29, 0.717) is 11.3 Å². The second-order valence-corrected chi connectivity index (χ2v) is 5.18. The van der Waals surface area contributed by atoms with Crippen molar-refractivity contribution in [2.24, 2.45) is 5.73 Å². The maximum atomic E-state index is 11.7. The molecule has 0 aromatic heterocycles. The van der Waals surface area contributed by atoms with Gasteiger partial charge in [0.15, 0.2) is 6.10 Å². The van der Waals surface area contributed by atoms with Crippen LogP contribution in [0.15, 0.2) is 24.3 Å². The van der Waals surface area contributed by atoms with Gasteiger partial charge in [-0.1, -0.05) is 0 Å². The Hall–Kier alpha value is -2.04. The van der Waals surface area contributed by atoms with Gasteiger partial charge in [0.1, 0.15) is 11.4 Å². The van der Waals surface area contributed by atoms with Gasteiger partial charge < -0.3 is 15.2 Å². The highest BCUT2D eigenvalue weighted by molar-refractivity contribution is 5.92. The van der Waals surface area contributed by atoms with Gasteiger partial charge in [-0.05, 0) is 52.0 Å². The Labute approximate surface area is 112 Å². The molecular weight excluding hydrogens is 246 g/mol. The first kappa shape index (κ1) is 15.0. The van der Waals surface area contributed by atoms with E-state index in [9.17, 15) is 9.59 Å². The molecule has 1 atom stereocenters. The lowest BCUT2D eigenvalue weighted by Crippen LogP contribution is -2.33. The molecule has 104 valence electrons. The van der Waals surface area contributed by atoms with Gasteiger partial charge in [-0.25, -0.2) is 4.79 Å². The van der Waals surface area contributed by atoms with Crippen molar-refractivity contribution in [3.8, 4) is 5.75 Å². The van der Waals surface area contributed by atoms with Crippen LogP contribution in [0.2, 0.25) is 0 Å². The molecule has 0 saturated carbocycles. The van der Waals surface area contributed by atoms with Crippen molar-refractivity contribution in [1.82, 2.24) is 0 Å². The lowest BCUT2D eigenvalue weighted by atomic mass is 10.2. The molecule has 5 heteroatoms. The normalized spacial score (nSPS) is 12.6. The van der Waals surface area contributed by atoms with Crippen LogP contribution < -0.4 is 10.5 Å². The van der Waals surface area contributed by atoms with Crippen molar-refractivity contribution in [3.05, 3.63) is 29.8 Å². The monoisotopic (exact) mass is 265 g/mol. The first-order valence-corrected chi connectivity index (χ1v) is 5.98. The Morgan fingerprint density at radius 1 is 1.16 bits per heavy atom. The van der Waals surface area contributed by atoms with Crippen molar-refractivity contribution in [1.29, 1.82) is 0 Å². The summed E-state index contributed by atoms with van der Waals surface area (Å²) in [6.45, 7) is 6.98. The molecule has 2 N–H and O–H groups in total. The molecule has 0 spiro atoms. The van der Waals surface area contributed by atoms with Gasteiger partial charge in [0.25, 0.3) is 0 Å². The maximum Gasteiger partial charge on any atom is 0.347 e. The van der Waals surface area contributed by atoms with Crippen LogP contribution >= 0.6 is 0 Å². The van der Waals surface area contributed by atoms with Gasteiger partial charge >= 0.3 is 5.97 Å². The number of hydrogen-bond acceptors (Lipinski definition) is 4. The maximum absolute atomic E-state index is 11.7. The summed E-state index contributed by atoms with van der Waals surface area (Å²) in [4.78, 5) is 22.6. The van der Waals surface area contributed by atoms with E-state index in [2.05, 4.69) is 0 Å². The first-order chi connectivity index (χ1) is 8.69. The summed E-state index contributed by atoms with van der Waals surface area (Å²) in [5.74, 6) is -0.471.